The van der Waals surface area contributed by atoms with Gasteiger partial charge in [-0.1, -0.05) is 30.3 Å². The Morgan fingerprint density at radius 3 is 2.38 bits per heavy atom. The molecule has 0 saturated carbocycles. The lowest BCUT2D eigenvalue weighted by Crippen LogP contribution is -2.45. The lowest BCUT2D eigenvalue weighted by molar-refractivity contribution is -0.133. The van der Waals surface area contributed by atoms with Crippen LogP contribution in [0, 0.1) is 0 Å². The first-order valence-electron chi connectivity index (χ1n) is 12.2. The summed E-state index contributed by atoms with van der Waals surface area (Å²) in [6.45, 7) is 2.52. The maximum Gasteiger partial charge on any atom is 0.254 e. The number of ether oxygens (including phenoxy) is 4. The molecule has 9 nitrogen and oxygen atoms in total. The third-order valence-corrected chi connectivity index (χ3v) is 6.19. The van der Waals surface area contributed by atoms with E-state index in [1.807, 2.05) is 36.5 Å². The second-order valence-electron chi connectivity index (χ2n) is 8.71. The highest BCUT2D eigenvalue weighted by Crippen LogP contribution is 2.32. The quantitative estimate of drug-likeness (QED) is 0.354. The Hall–Kier alpha value is -3.82. The summed E-state index contributed by atoms with van der Waals surface area (Å²) in [5, 5.41) is 0. The van der Waals surface area contributed by atoms with Crippen molar-refractivity contribution in [1.29, 1.82) is 0 Å². The number of fused-ring (bicyclic) bond motifs is 1. The minimum Gasteiger partial charge on any atom is -0.454 e. The van der Waals surface area contributed by atoms with Crippen LogP contribution in [0.5, 0.6) is 11.5 Å². The lowest BCUT2D eigenvalue weighted by Gasteiger charge is -2.28. The van der Waals surface area contributed by atoms with Crippen LogP contribution in [0.25, 0.3) is 0 Å². The predicted molar refractivity (Wildman–Crippen MR) is 138 cm³/mol. The molecule has 2 heterocycles. The molecule has 1 aromatic heterocycles. The van der Waals surface area contributed by atoms with E-state index in [0.717, 1.165) is 5.69 Å². The Balaban J connectivity index is 1.48. The zero-order chi connectivity index (χ0) is 26.0. The topological polar surface area (TPSA) is 82.5 Å². The fourth-order valence-electron chi connectivity index (χ4n) is 4.15. The molecule has 0 bridgehead atoms. The maximum absolute atomic E-state index is 13.5. The number of rotatable bonds is 13. The van der Waals surface area contributed by atoms with E-state index in [4.69, 9.17) is 18.9 Å². The number of methoxy groups -OCH3 is 2. The molecule has 2 aromatic carbocycles. The summed E-state index contributed by atoms with van der Waals surface area (Å²) in [6.07, 6.45) is 2.01. The Labute approximate surface area is 217 Å². The zero-order valence-corrected chi connectivity index (χ0v) is 21.3. The largest absolute Gasteiger partial charge is 0.454 e. The van der Waals surface area contributed by atoms with E-state index in [-0.39, 0.29) is 31.7 Å². The number of aromatic nitrogens is 1. The summed E-state index contributed by atoms with van der Waals surface area (Å²) >= 11 is 0. The standard InChI is InChI=1S/C28H33N3O6/c1-34-15-13-30(19-24-9-6-12-29(24)18-22-7-4-3-5-8-22)27(32)20-31(14-16-35-2)28(33)23-10-11-25-26(17-23)37-21-36-25/h3-12,17H,13-16,18-21H2,1-2H3. The van der Waals surface area contributed by atoms with Crippen LogP contribution in [0.1, 0.15) is 21.6 Å². The molecule has 1 aliphatic rings. The van der Waals surface area contributed by atoms with Crippen LogP contribution < -0.4 is 9.47 Å². The summed E-state index contributed by atoms with van der Waals surface area (Å²) in [5.41, 5.74) is 2.60. The van der Waals surface area contributed by atoms with Gasteiger partial charge in [0.05, 0.1) is 19.8 Å². The van der Waals surface area contributed by atoms with E-state index in [1.165, 1.54) is 10.5 Å². The molecule has 37 heavy (non-hydrogen) atoms. The number of hydrogen-bond donors (Lipinski definition) is 0. The van der Waals surface area contributed by atoms with E-state index < -0.39 is 0 Å². The molecule has 0 radical (unpaired) electrons. The Morgan fingerprint density at radius 2 is 1.62 bits per heavy atom. The van der Waals surface area contributed by atoms with E-state index in [1.54, 1.807) is 37.3 Å². The van der Waals surface area contributed by atoms with E-state index in [0.29, 0.717) is 49.9 Å². The minimum atomic E-state index is -0.275. The van der Waals surface area contributed by atoms with E-state index in [2.05, 4.69) is 16.7 Å². The summed E-state index contributed by atoms with van der Waals surface area (Å²) < 4.78 is 23.4. The highest BCUT2D eigenvalue weighted by molar-refractivity contribution is 5.97. The first-order chi connectivity index (χ1) is 18.1. The molecule has 3 aromatic rings. The first kappa shape index (κ1) is 26.2. The molecule has 2 amide bonds. The van der Waals surface area contributed by atoms with Gasteiger partial charge in [0.1, 0.15) is 6.54 Å². The number of amides is 2. The van der Waals surface area contributed by atoms with Crippen LogP contribution in [0.4, 0.5) is 0 Å². The normalized spacial score (nSPS) is 11.9. The van der Waals surface area contributed by atoms with Gasteiger partial charge >= 0.3 is 0 Å². The monoisotopic (exact) mass is 507 g/mol. The summed E-state index contributed by atoms with van der Waals surface area (Å²) in [5.74, 6) is 0.669. The van der Waals surface area contributed by atoms with Gasteiger partial charge in [-0.15, -0.1) is 0 Å². The molecule has 0 N–H and O–H groups in total. The van der Waals surface area contributed by atoms with Crippen molar-refractivity contribution in [2.24, 2.45) is 0 Å². The second-order valence-corrected chi connectivity index (χ2v) is 8.71. The van der Waals surface area contributed by atoms with Crippen LogP contribution in [0.15, 0.2) is 66.9 Å². The van der Waals surface area contributed by atoms with Crippen molar-refractivity contribution in [2.75, 3.05) is 53.9 Å². The van der Waals surface area contributed by atoms with Crippen molar-refractivity contribution in [2.45, 2.75) is 13.1 Å². The van der Waals surface area contributed by atoms with Crippen molar-refractivity contribution in [1.82, 2.24) is 14.4 Å². The highest BCUT2D eigenvalue weighted by atomic mass is 16.7. The molecule has 4 rings (SSSR count). The minimum absolute atomic E-state index is 0.0836. The fourth-order valence-corrected chi connectivity index (χ4v) is 4.15. The molecule has 9 heteroatoms. The number of nitrogens with zero attached hydrogens (tertiary/aromatic N) is 3. The molecule has 0 spiro atoms. The van der Waals surface area contributed by atoms with Gasteiger partial charge < -0.3 is 33.3 Å². The third kappa shape index (κ3) is 6.90. The first-order valence-corrected chi connectivity index (χ1v) is 12.2. The van der Waals surface area contributed by atoms with Crippen LogP contribution in [-0.2, 0) is 27.4 Å². The number of hydrogen-bond acceptors (Lipinski definition) is 6. The maximum atomic E-state index is 13.5. The summed E-state index contributed by atoms with van der Waals surface area (Å²) in [6, 6.07) is 19.2. The molecule has 0 atom stereocenters. The average molecular weight is 508 g/mol. The SMILES string of the molecule is COCCN(Cc1cccn1Cc1ccccc1)C(=O)CN(CCOC)C(=O)c1ccc2c(c1)OCO2. The summed E-state index contributed by atoms with van der Waals surface area (Å²) in [4.78, 5) is 30.1. The van der Waals surface area contributed by atoms with Gasteiger partial charge in [0.25, 0.3) is 5.91 Å². The van der Waals surface area contributed by atoms with Crippen LogP contribution >= 0.6 is 0 Å². The second kappa shape index (κ2) is 12.9. The number of carbonyl (C=O) groups excluding carboxylic acids is 2. The van der Waals surface area contributed by atoms with Gasteiger partial charge in [0.2, 0.25) is 12.7 Å². The van der Waals surface area contributed by atoms with Gasteiger partial charge in [-0.3, -0.25) is 9.59 Å². The molecular weight excluding hydrogens is 474 g/mol. The molecule has 0 fully saturated rings. The van der Waals surface area contributed by atoms with E-state index in [9.17, 15) is 9.59 Å². The van der Waals surface area contributed by atoms with Gasteiger partial charge in [-0.2, -0.15) is 0 Å². The highest BCUT2D eigenvalue weighted by Gasteiger charge is 2.25. The smallest absolute Gasteiger partial charge is 0.254 e. The Bertz CT molecular complexity index is 1180. The average Bonchev–Trinajstić information content (AvgIpc) is 3.57. The molecule has 0 saturated heterocycles. The molecule has 1 aliphatic heterocycles. The molecule has 196 valence electrons. The van der Waals surface area contributed by atoms with Crippen molar-refractivity contribution in [3.8, 4) is 11.5 Å². The van der Waals surface area contributed by atoms with Gasteiger partial charge in [-0.25, -0.2) is 0 Å². The van der Waals surface area contributed by atoms with Crippen molar-refractivity contribution in [3.05, 3.63) is 83.7 Å². The fraction of sp³-hybridized carbons (Fsp3) is 0.357. The Kier molecular flexibility index (Phi) is 9.18. The van der Waals surface area contributed by atoms with Crippen LogP contribution in [-0.4, -0.2) is 80.0 Å². The lowest BCUT2D eigenvalue weighted by atomic mass is 10.1. The van der Waals surface area contributed by atoms with Gasteiger partial charge in [-0.05, 0) is 35.9 Å². The van der Waals surface area contributed by atoms with E-state index >= 15 is 0 Å². The predicted octanol–water partition coefficient (Wildman–Crippen LogP) is 3.03. The van der Waals surface area contributed by atoms with Gasteiger partial charge in [0.15, 0.2) is 11.5 Å². The summed E-state index contributed by atoms with van der Waals surface area (Å²) in [7, 11) is 3.17. The Morgan fingerprint density at radius 1 is 0.892 bits per heavy atom. The zero-order valence-electron chi connectivity index (χ0n) is 21.3. The van der Waals surface area contributed by atoms with Gasteiger partial charge in [0, 0.05) is 51.3 Å². The van der Waals surface area contributed by atoms with Crippen LogP contribution in [0.2, 0.25) is 0 Å². The third-order valence-electron chi connectivity index (χ3n) is 6.19. The molecule has 0 aliphatic carbocycles. The van der Waals surface area contributed by atoms with Crippen molar-refractivity contribution < 1.29 is 28.5 Å². The van der Waals surface area contributed by atoms with Crippen molar-refractivity contribution in [3.63, 3.8) is 0 Å². The van der Waals surface area contributed by atoms with Crippen molar-refractivity contribution >= 4 is 11.8 Å². The number of carbonyl (C=O) groups is 2. The number of benzene rings is 2. The molecular formula is C28H33N3O6. The van der Waals surface area contributed by atoms with Crippen LogP contribution in [0.3, 0.4) is 0 Å². The molecule has 0 unspecified atom stereocenters.